The summed E-state index contributed by atoms with van der Waals surface area (Å²) < 4.78 is 5.01. The second kappa shape index (κ2) is 7.64. The van der Waals surface area contributed by atoms with Gasteiger partial charge in [-0.2, -0.15) is 0 Å². The van der Waals surface area contributed by atoms with E-state index in [9.17, 15) is 14.7 Å². The molecular formula is C22H24N2O4. The Morgan fingerprint density at radius 1 is 1.21 bits per heavy atom. The van der Waals surface area contributed by atoms with Crippen molar-refractivity contribution in [2.24, 2.45) is 0 Å². The molecule has 2 aliphatic rings. The molecule has 0 saturated carbocycles. The van der Waals surface area contributed by atoms with Crippen LogP contribution in [0.25, 0.3) is 0 Å². The van der Waals surface area contributed by atoms with Gasteiger partial charge in [-0.1, -0.05) is 18.2 Å². The molecule has 2 aliphatic heterocycles. The third-order valence-electron chi connectivity index (χ3n) is 5.54. The van der Waals surface area contributed by atoms with E-state index in [0.29, 0.717) is 31.6 Å². The Hall–Kier alpha value is -2.86. The number of amides is 1. The van der Waals surface area contributed by atoms with E-state index in [-0.39, 0.29) is 24.0 Å². The van der Waals surface area contributed by atoms with E-state index in [1.165, 1.54) is 0 Å². The van der Waals surface area contributed by atoms with Gasteiger partial charge in [0, 0.05) is 17.8 Å². The predicted octanol–water partition coefficient (Wildman–Crippen LogP) is 3.00. The highest BCUT2D eigenvalue weighted by Crippen LogP contribution is 2.39. The SMILES string of the molecule is CCOC(=O)c1ccc(N[C@H]2C[C@H]3c4ccccc4C(=O)N3CC[C@@H]2O)cc1. The second-order valence-electron chi connectivity index (χ2n) is 7.24. The van der Waals surface area contributed by atoms with Crippen LogP contribution in [0.4, 0.5) is 5.69 Å². The number of anilines is 1. The Bertz CT molecular complexity index is 880. The average molecular weight is 380 g/mol. The standard InChI is InChI=1S/C22H24N2O4/c1-2-28-22(27)14-7-9-15(10-8-14)23-18-13-19-16-5-3-4-6-17(16)21(26)24(19)12-11-20(18)25/h3-10,18-20,23,25H,2,11-13H2,1H3/t18-,19-,20-/m0/s1. The van der Waals surface area contributed by atoms with E-state index in [1.807, 2.05) is 41.3 Å². The molecule has 146 valence electrons. The summed E-state index contributed by atoms with van der Waals surface area (Å²) in [6, 6.07) is 14.5. The Kier molecular flexibility index (Phi) is 5.05. The topological polar surface area (TPSA) is 78.9 Å². The van der Waals surface area contributed by atoms with Crippen molar-refractivity contribution in [3.05, 3.63) is 65.2 Å². The molecule has 6 heteroatoms. The van der Waals surface area contributed by atoms with Crippen LogP contribution in [0.3, 0.4) is 0 Å². The van der Waals surface area contributed by atoms with Gasteiger partial charge in [0.25, 0.3) is 5.91 Å². The Labute approximate surface area is 164 Å². The summed E-state index contributed by atoms with van der Waals surface area (Å²) in [5.74, 6) is -0.299. The number of rotatable bonds is 4. The van der Waals surface area contributed by atoms with E-state index in [4.69, 9.17) is 4.74 Å². The number of ether oxygens (including phenoxy) is 1. The number of esters is 1. The summed E-state index contributed by atoms with van der Waals surface area (Å²) in [5.41, 5.74) is 3.12. The fraction of sp³-hybridized carbons (Fsp3) is 0.364. The van der Waals surface area contributed by atoms with Crippen molar-refractivity contribution in [1.29, 1.82) is 0 Å². The molecule has 0 bridgehead atoms. The first-order valence-corrected chi connectivity index (χ1v) is 9.70. The van der Waals surface area contributed by atoms with Gasteiger partial charge in [-0.3, -0.25) is 4.79 Å². The summed E-state index contributed by atoms with van der Waals surface area (Å²) in [6.07, 6.45) is 0.591. The van der Waals surface area contributed by atoms with Crippen LogP contribution in [0.15, 0.2) is 48.5 Å². The first-order chi connectivity index (χ1) is 13.6. The first-order valence-electron chi connectivity index (χ1n) is 9.70. The number of aliphatic hydroxyl groups is 1. The van der Waals surface area contributed by atoms with Crippen molar-refractivity contribution >= 4 is 17.6 Å². The highest BCUT2D eigenvalue weighted by Gasteiger charge is 2.41. The molecule has 0 aliphatic carbocycles. The van der Waals surface area contributed by atoms with Crippen molar-refractivity contribution in [1.82, 2.24) is 4.90 Å². The van der Waals surface area contributed by atoms with Crippen molar-refractivity contribution in [2.45, 2.75) is 38.0 Å². The fourth-order valence-corrected chi connectivity index (χ4v) is 4.11. The first kappa shape index (κ1) is 18.5. The zero-order valence-electron chi connectivity index (χ0n) is 15.8. The minimum absolute atomic E-state index is 0.0304. The van der Waals surface area contributed by atoms with Gasteiger partial charge in [0.05, 0.1) is 30.4 Å². The summed E-state index contributed by atoms with van der Waals surface area (Å²) >= 11 is 0. The minimum Gasteiger partial charge on any atom is -0.462 e. The van der Waals surface area contributed by atoms with E-state index < -0.39 is 6.10 Å². The van der Waals surface area contributed by atoms with Crippen molar-refractivity contribution in [2.75, 3.05) is 18.5 Å². The van der Waals surface area contributed by atoms with Crippen LogP contribution in [-0.2, 0) is 4.74 Å². The van der Waals surface area contributed by atoms with Crippen molar-refractivity contribution in [3.63, 3.8) is 0 Å². The van der Waals surface area contributed by atoms with Gasteiger partial charge < -0.3 is 20.1 Å². The van der Waals surface area contributed by atoms with Gasteiger partial charge in [-0.15, -0.1) is 0 Å². The predicted molar refractivity (Wildman–Crippen MR) is 105 cm³/mol. The molecule has 1 saturated heterocycles. The van der Waals surface area contributed by atoms with Crippen LogP contribution in [0.5, 0.6) is 0 Å². The second-order valence-corrected chi connectivity index (χ2v) is 7.24. The minimum atomic E-state index is -0.560. The summed E-state index contributed by atoms with van der Waals surface area (Å²) in [4.78, 5) is 26.4. The molecule has 0 spiro atoms. The largest absolute Gasteiger partial charge is 0.462 e. The average Bonchev–Trinajstić information content (AvgIpc) is 2.86. The molecule has 1 amide bonds. The third kappa shape index (κ3) is 3.36. The Morgan fingerprint density at radius 2 is 1.96 bits per heavy atom. The quantitative estimate of drug-likeness (QED) is 0.798. The lowest BCUT2D eigenvalue weighted by Gasteiger charge is -2.26. The molecule has 2 N–H and O–H groups in total. The van der Waals surface area contributed by atoms with Crippen LogP contribution < -0.4 is 5.32 Å². The van der Waals surface area contributed by atoms with Gasteiger partial charge in [0.2, 0.25) is 0 Å². The molecule has 2 aromatic rings. The number of hydrogen-bond donors (Lipinski definition) is 2. The van der Waals surface area contributed by atoms with Crippen molar-refractivity contribution < 1.29 is 19.4 Å². The summed E-state index contributed by atoms with van der Waals surface area (Å²) in [6.45, 7) is 2.65. The van der Waals surface area contributed by atoms with Gasteiger partial charge in [0.1, 0.15) is 0 Å². The van der Waals surface area contributed by atoms with Gasteiger partial charge in [0.15, 0.2) is 0 Å². The molecule has 0 unspecified atom stereocenters. The highest BCUT2D eigenvalue weighted by molar-refractivity contribution is 5.99. The zero-order valence-corrected chi connectivity index (χ0v) is 15.8. The highest BCUT2D eigenvalue weighted by atomic mass is 16.5. The van der Waals surface area contributed by atoms with E-state index in [1.54, 1.807) is 19.1 Å². The maximum atomic E-state index is 12.7. The van der Waals surface area contributed by atoms with Crippen LogP contribution in [0, 0.1) is 0 Å². The smallest absolute Gasteiger partial charge is 0.338 e. The van der Waals surface area contributed by atoms with E-state index in [0.717, 1.165) is 16.8 Å². The van der Waals surface area contributed by atoms with Crippen LogP contribution in [0.2, 0.25) is 0 Å². The summed E-state index contributed by atoms with van der Waals surface area (Å²) in [7, 11) is 0. The molecule has 3 atom stereocenters. The summed E-state index contributed by atoms with van der Waals surface area (Å²) in [5, 5.41) is 14.0. The number of nitrogens with zero attached hydrogens (tertiary/aromatic N) is 1. The van der Waals surface area contributed by atoms with E-state index in [2.05, 4.69) is 5.32 Å². The number of carbonyl (C=O) groups excluding carboxylic acids is 2. The van der Waals surface area contributed by atoms with Gasteiger partial charge in [-0.05, 0) is 55.7 Å². The molecule has 0 radical (unpaired) electrons. The molecular weight excluding hydrogens is 356 g/mol. The number of carbonyl (C=O) groups is 2. The fourth-order valence-electron chi connectivity index (χ4n) is 4.11. The normalized spacial score (nSPS) is 23.6. The number of hydrogen-bond acceptors (Lipinski definition) is 5. The number of aliphatic hydroxyl groups excluding tert-OH is 1. The third-order valence-corrected chi connectivity index (χ3v) is 5.54. The van der Waals surface area contributed by atoms with E-state index >= 15 is 0 Å². The molecule has 1 fully saturated rings. The molecule has 0 aromatic heterocycles. The number of benzene rings is 2. The molecule has 2 aromatic carbocycles. The number of nitrogens with one attached hydrogen (secondary N) is 1. The molecule has 6 nitrogen and oxygen atoms in total. The maximum Gasteiger partial charge on any atom is 0.338 e. The van der Waals surface area contributed by atoms with Gasteiger partial charge in [-0.25, -0.2) is 4.79 Å². The number of fused-ring (bicyclic) bond motifs is 3. The van der Waals surface area contributed by atoms with Gasteiger partial charge >= 0.3 is 5.97 Å². The monoisotopic (exact) mass is 380 g/mol. The lowest BCUT2D eigenvalue weighted by atomic mass is 9.96. The zero-order chi connectivity index (χ0) is 19.7. The van der Waals surface area contributed by atoms with Crippen LogP contribution in [-0.4, -0.2) is 47.2 Å². The lowest BCUT2D eigenvalue weighted by molar-refractivity contribution is 0.0526. The molecule has 2 heterocycles. The Balaban J connectivity index is 1.52. The Morgan fingerprint density at radius 3 is 2.71 bits per heavy atom. The maximum absolute atomic E-state index is 12.7. The van der Waals surface area contributed by atoms with Crippen LogP contribution >= 0.6 is 0 Å². The lowest BCUT2D eigenvalue weighted by Crippen LogP contribution is -2.33. The van der Waals surface area contributed by atoms with Crippen LogP contribution in [0.1, 0.15) is 52.1 Å². The van der Waals surface area contributed by atoms with Crippen molar-refractivity contribution in [3.8, 4) is 0 Å². The molecule has 4 rings (SSSR count). The molecule has 28 heavy (non-hydrogen) atoms.